The molecule has 0 saturated heterocycles. The Morgan fingerprint density at radius 1 is 1.33 bits per heavy atom. The third kappa shape index (κ3) is 4.18. The van der Waals surface area contributed by atoms with Crippen LogP contribution in [0.5, 0.6) is 0 Å². The molecular weight excluding hydrogens is 279 g/mol. The predicted molar refractivity (Wildman–Crippen MR) is 68.4 cm³/mol. The van der Waals surface area contributed by atoms with Crippen molar-refractivity contribution in [3.8, 4) is 0 Å². The Morgan fingerprint density at radius 2 is 1.89 bits per heavy atom. The van der Waals surface area contributed by atoms with Crippen molar-refractivity contribution in [1.29, 1.82) is 0 Å². The van der Waals surface area contributed by atoms with Gasteiger partial charge in [-0.1, -0.05) is 29.3 Å². The van der Waals surface area contributed by atoms with Crippen LogP contribution in [-0.4, -0.2) is 29.6 Å². The van der Waals surface area contributed by atoms with E-state index in [1.807, 2.05) is 0 Å². The quantitative estimate of drug-likeness (QED) is 0.737. The number of carbonyl (C=O) groups excluding carboxylic acids is 2. The summed E-state index contributed by atoms with van der Waals surface area (Å²) in [6.45, 7) is -0.240. The Balaban J connectivity index is 2.58. The summed E-state index contributed by atoms with van der Waals surface area (Å²) >= 11 is 11.8. The molecule has 0 heterocycles. The molecule has 7 heteroatoms. The zero-order chi connectivity index (χ0) is 13.7. The van der Waals surface area contributed by atoms with E-state index >= 15 is 0 Å². The molecule has 1 rings (SSSR count). The molecule has 4 N–H and O–H groups in total. The highest BCUT2D eigenvalue weighted by atomic mass is 35.5. The fourth-order valence-corrected chi connectivity index (χ4v) is 1.77. The number of carbonyl (C=O) groups is 2. The Labute approximate surface area is 114 Å². The summed E-state index contributed by atoms with van der Waals surface area (Å²) in [7, 11) is 0. The molecule has 0 fully saturated rings. The van der Waals surface area contributed by atoms with Crippen molar-refractivity contribution in [2.24, 2.45) is 5.73 Å². The van der Waals surface area contributed by atoms with Gasteiger partial charge in [-0.25, -0.2) is 0 Å². The van der Waals surface area contributed by atoms with Gasteiger partial charge in [-0.3, -0.25) is 9.59 Å². The summed E-state index contributed by atoms with van der Waals surface area (Å²) in [5.74, 6) is -1.31. The maximum absolute atomic E-state index is 11.6. The highest BCUT2D eigenvalue weighted by Crippen LogP contribution is 2.24. The number of nitrogens with two attached hydrogens (primary N) is 1. The molecule has 0 aliphatic carbocycles. The van der Waals surface area contributed by atoms with E-state index in [4.69, 9.17) is 34.0 Å². The third-order valence-corrected chi connectivity index (χ3v) is 2.93. The fraction of sp³-hybridized carbons (Fsp3) is 0.273. The molecule has 0 aliphatic heterocycles. The Bertz CT molecular complexity index is 445. The average Bonchev–Trinajstić information content (AvgIpc) is 2.30. The van der Waals surface area contributed by atoms with Crippen LogP contribution < -0.4 is 11.1 Å². The number of hydrogen-bond acceptors (Lipinski definition) is 3. The Hall–Kier alpha value is -1.30. The SMILES string of the molecule is NC(=O)C(O)CNC(=O)Cc1c(Cl)cccc1Cl. The maximum Gasteiger partial charge on any atom is 0.248 e. The van der Waals surface area contributed by atoms with Crippen LogP contribution in [0.2, 0.25) is 10.0 Å². The third-order valence-electron chi connectivity index (χ3n) is 2.22. The molecule has 0 aromatic heterocycles. The van der Waals surface area contributed by atoms with Crippen LogP contribution in [0.3, 0.4) is 0 Å². The zero-order valence-electron chi connectivity index (χ0n) is 9.32. The van der Waals surface area contributed by atoms with Gasteiger partial charge < -0.3 is 16.2 Å². The summed E-state index contributed by atoms with van der Waals surface area (Å²) in [5.41, 5.74) is 5.33. The van der Waals surface area contributed by atoms with Gasteiger partial charge in [0.15, 0.2) is 0 Å². The number of hydrogen-bond donors (Lipinski definition) is 3. The molecule has 0 bridgehead atoms. The molecule has 1 aromatic rings. The number of primary amides is 1. The van der Waals surface area contributed by atoms with Gasteiger partial charge in [-0.2, -0.15) is 0 Å². The molecule has 0 saturated carbocycles. The second kappa shape index (κ2) is 6.58. The van der Waals surface area contributed by atoms with Crippen LogP contribution in [0.25, 0.3) is 0 Å². The van der Waals surface area contributed by atoms with Crippen molar-refractivity contribution in [3.63, 3.8) is 0 Å². The number of halogens is 2. The number of aliphatic hydroxyl groups is 1. The van der Waals surface area contributed by atoms with Gasteiger partial charge in [0.25, 0.3) is 0 Å². The highest BCUT2D eigenvalue weighted by molar-refractivity contribution is 6.36. The molecule has 1 aromatic carbocycles. The molecule has 0 radical (unpaired) electrons. The van der Waals surface area contributed by atoms with Gasteiger partial charge in [0.05, 0.1) is 13.0 Å². The van der Waals surface area contributed by atoms with E-state index in [0.29, 0.717) is 15.6 Å². The van der Waals surface area contributed by atoms with Gasteiger partial charge in [0.1, 0.15) is 6.10 Å². The van der Waals surface area contributed by atoms with E-state index in [9.17, 15) is 9.59 Å². The fourth-order valence-electron chi connectivity index (χ4n) is 1.24. The lowest BCUT2D eigenvalue weighted by Crippen LogP contribution is -2.40. The summed E-state index contributed by atoms with van der Waals surface area (Å²) in [6.07, 6.45) is -1.44. The van der Waals surface area contributed by atoms with Crippen molar-refractivity contribution in [2.75, 3.05) is 6.54 Å². The molecule has 18 heavy (non-hydrogen) atoms. The predicted octanol–water partition coefficient (Wildman–Crippen LogP) is 0.498. The summed E-state index contributed by atoms with van der Waals surface area (Å²) in [4.78, 5) is 22.1. The second-order valence-electron chi connectivity index (χ2n) is 3.60. The molecule has 5 nitrogen and oxygen atoms in total. The number of aliphatic hydroxyl groups excluding tert-OH is 1. The largest absolute Gasteiger partial charge is 0.381 e. The van der Waals surface area contributed by atoms with Crippen molar-refractivity contribution in [3.05, 3.63) is 33.8 Å². The lowest BCUT2D eigenvalue weighted by atomic mass is 10.1. The van der Waals surface area contributed by atoms with E-state index in [-0.39, 0.29) is 13.0 Å². The Morgan fingerprint density at radius 3 is 2.39 bits per heavy atom. The minimum atomic E-state index is -1.41. The summed E-state index contributed by atoms with van der Waals surface area (Å²) in [6, 6.07) is 4.91. The number of nitrogens with one attached hydrogen (secondary N) is 1. The normalized spacial score (nSPS) is 11.9. The topological polar surface area (TPSA) is 92.4 Å². The molecule has 2 amide bonds. The van der Waals surface area contributed by atoms with Crippen molar-refractivity contribution >= 4 is 35.0 Å². The zero-order valence-corrected chi connectivity index (χ0v) is 10.8. The molecule has 98 valence electrons. The van der Waals surface area contributed by atoms with E-state index in [2.05, 4.69) is 5.32 Å². The van der Waals surface area contributed by atoms with Gasteiger partial charge in [-0.05, 0) is 17.7 Å². The first kappa shape index (κ1) is 14.8. The summed E-state index contributed by atoms with van der Waals surface area (Å²) < 4.78 is 0. The number of amides is 2. The average molecular weight is 291 g/mol. The molecule has 0 spiro atoms. The maximum atomic E-state index is 11.6. The molecule has 0 aliphatic rings. The monoisotopic (exact) mass is 290 g/mol. The first-order valence-corrected chi connectivity index (χ1v) is 5.84. The van der Waals surface area contributed by atoms with E-state index in [1.54, 1.807) is 18.2 Å². The number of rotatable bonds is 5. The van der Waals surface area contributed by atoms with Gasteiger partial charge in [0.2, 0.25) is 11.8 Å². The molecule has 1 unspecified atom stereocenters. The molecular formula is C11H12Cl2N2O3. The van der Waals surface area contributed by atoms with Crippen LogP contribution in [0.15, 0.2) is 18.2 Å². The van der Waals surface area contributed by atoms with E-state index < -0.39 is 17.9 Å². The van der Waals surface area contributed by atoms with Crippen molar-refractivity contribution < 1.29 is 14.7 Å². The van der Waals surface area contributed by atoms with Gasteiger partial charge >= 0.3 is 0 Å². The van der Waals surface area contributed by atoms with Crippen LogP contribution in [0, 0.1) is 0 Å². The smallest absolute Gasteiger partial charge is 0.248 e. The molecule has 1 atom stereocenters. The minimum Gasteiger partial charge on any atom is -0.381 e. The number of benzene rings is 1. The lowest BCUT2D eigenvalue weighted by molar-refractivity contribution is -0.126. The second-order valence-corrected chi connectivity index (χ2v) is 4.41. The van der Waals surface area contributed by atoms with Crippen molar-refractivity contribution in [2.45, 2.75) is 12.5 Å². The van der Waals surface area contributed by atoms with Gasteiger partial charge in [-0.15, -0.1) is 0 Å². The summed E-state index contributed by atoms with van der Waals surface area (Å²) in [5, 5.41) is 12.2. The van der Waals surface area contributed by atoms with Crippen molar-refractivity contribution in [1.82, 2.24) is 5.32 Å². The van der Waals surface area contributed by atoms with Crippen LogP contribution in [0.1, 0.15) is 5.56 Å². The van der Waals surface area contributed by atoms with Gasteiger partial charge in [0, 0.05) is 10.0 Å². The van der Waals surface area contributed by atoms with E-state index in [0.717, 1.165) is 0 Å². The first-order valence-electron chi connectivity index (χ1n) is 5.08. The highest BCUT2D eigenvalue weighted by Gasteiger charge is 2.14. The minimum absolute atomic E-state index is 0.0377. The van der Waals surface area contributed by atoms with E-state index in [1.165, 1.54) is 0 Å². The standard InChI is InChI=1S/C11H12Cl2N2O3/c12-7-2-1-3-8(13)6(7)4-10(17)15-5-9(16)11(14)18/h1-3,9,16H,4-5H2,(H2,14,18)(H,15,17). The first-order chi connectivity index (χ1) is 8.41. The van der Waals surface area contributed by atoms with Crippen LogP contribution in [-0.2, 0) is 16.0 Å². The Kier molecular flexibility index (Phi) is 5.40. The van der Waals surface area contributed by atoms with Crippen LogP contribution >= 0.6 is 23.2 Å². The lowest BCUT2D eigenvalue weighted by Gasteiger charge is -2.10. The van der Waals surface area contributed by atoms with Crippen LogP contribution in [0.4, 0.5) is 0 Å².